The second-order valence-electron chi connectivity index (χ2n) is 6.55. The molecule has 0 bridgehead atoms. The monoisotopic (exact) mass is 421 g/mol. The molecular weight excluding hydrogens is 406 g/mol. The lowest BCUT2D eigenvalue weighted by atomic mass is 10.1. The van der Waals surface area contributed by atoms with Gasteiger partial charge in [0.1, 0.15) is 11.1 Å². The topological polar surface area (TPSA) is 115 Å². The summed E-state index contributed by atoms with van der Waals surface area (Å²) in [5, 5.41) is 13.8. The number of fused-ring (bicyclic) bond motifs is 3. The number of rotatable bonds is 4. The average molecular weight is 421 g/mol. The lowest BCUT2D eigenvalue weighted by Gasteiger charge is -2.24. The number of carbonyl (C=O) groups is 2. The van der Waals surface area contributed by atoms with Gasteiger partial charge >= 0.3 is 0 Å². The summed E-state index contributed by atoms with van der Waals surface area (Å²) in [4.78, 5) is 29.1. The molecule has 150 valence electrons. The van der Waals surface area contributed by atoms with E-state index in [4.69, 9.17) is 4.74 Å². The lowest BCUT2D eigenvalue weighted by Crippen LogP contribution is -2.44. The second kappa shape index (κ2) is 7.26. The first-order valence-electron chi connectivity index (χ1n) is 8.99. The molecule has 1 N–H and O–H groups in total. The highest BCUT2D eigenvalue weighted by Crippen LogP contribution is 2.40. The summed E-state index contributed by atoms with van der Waals surface area (Å²) in [5.74, 6) is 0.294. The van der Waals surface area contributed by atoms with Gasteiger partial charge in [0, 0.05) is 29.4 Å². The Bertz CT molecular complexity index is 1280. The molecule has 0 saturated carbocycles. The zero-order valence-corrected chi connectivity index (χ0v) is 16.5. The van der Waals surface area contributed by atoms with Crippen LogP contribution in [0.3, 0.4) is 0 Å². The van der Waals surface area contributed by atoms with E-state index in [-0.39, 0.29) is 11.7 Å². The van der Waals surface area contributed by atoms with Gasteiger partial charge in [-0.15, -0.1) is 16.9 Å². The average Bonchev–Trinajstić information content (AvgIpc) is 3.41. The number of pyridine rings is 2. The van der Waals surface area contributed by atoms with Crippen LogP contribution in [0.25, 0.3) is 16.6 Å². The van der Waals surface area contributed by atoms with E-state index in [0.717, 1.165) is 16.5 Å². The van der Waals surface area contributed by atoms with Crippen LogP contribution in [0.5, 0.6) is 5.75 Å². The van der Waals surface area contributed by atoms with Crippen LogP contribution in [0.4, 0.5) is 0 Å². The highest BCUT2D eigenvalue weighted by atomic mass is 32.2. The lowest BCUT2D eigenvalue weighted by molar-refractivity contribution is -0.130. The number of amides is 2. The molecule has 11 heteroatoms. The first-order chi connectivity index (χ1) is 14.7. The van der Waals surface area contributed by atoms with Crippen LogP contribution in [0, 0.1) is 0 Å². The Balaban J connectivity index is 1.57. The number of tetrazole rings is 1. The minimum atomic E-state index is -0.474. The van der Waals surface area contributed by atoms with E-state index in [1.54, 1.807) is 30.0 Å². The zero-order chi connectivity index (χ0) is 20.7. The number of aromatic nitrogens is 5. The molecule has 0 spiro atoms. The fourth-order valence-corrected chi connectivity index (χ4v) is 4.46. The van der Waals surface area contributed by atoms with Crippen molar-refractivity contribution in [1.82, 2.24) is 35.5 Å². The van der Waals surface area contributed by atoms with Crippen molar-refractivity contribution in [3.05, 3.63) is 59.9 Å². The van der Waals surface area contributed by atoms with Gasteiger partial charge in [0.05, 0.1) is 23.9 Å². The van der Waals surface area contributed by atoms with Crippen LogP contribution in [-0.2, 0) is 4.79 Å². The van der Waals surface area contributed by atoms with Gasteiger partial charge in [-0.1, -0.05) is 0 Å². The number of hydrogen-bond acceptors (Lipinski definition) is 8. The summed E-state index contributed by atoms with van der Waals surface area (Å²) in [6.07, 6.45) is 3.03. The Kier molecular flexibility index (Phi) is 4.43. The van der Waals surface area contributed by atoms with Gasteiger partial charge in [-0.3, -0.25) is 20.0 Å². The number of nitrogens with zero attached hydrogens (tertiary/aromatic N) is 6. The normalized spacial score (nSPS) is 16.4. The van der Waals surface area contributed by atoms with Crippen LogP contribution < -0.4 is 10.2 Å². The minimum Gasteiger partial charge on any atom is -0.497 e. The number of ether oxygens (including phenoxy) is 1. The van der Waals surface area contributed by atoms with Gasteiger partial charge in [0.2, 0.25) is 0 Å². The molecule has 4 heterocycles. The SMILES string of the molecule is COc1ccc2cc(C3SCC(=O)N3NC(=O)c3cccnc3)c3nnnn3c2c1. The standard InChI is InChI=1S/C19H15N7O3S/c1-29-13-5-4-11-7-14(17-21-23-24-25(17)15(11)8-13)19-26(16(27)10-30-19)22-18(28)12-3-2-6-20-9-12/h2-9,19H,10H2,1H3,(H,22,28). The molecule has 0 aliphatic carbocycles. The van der Waals surface area contributed by atoms with E-state index in [1.165, 1.54) is 23.0 Å². The summed E-state index contributed by atoms with van der Waals surface area (Å²) in [7, 11) is 1.59. The predicted octanol–water partition coefficient (Wildman–Crippen LogP) is 1.60. The fourth-order valence-electron chi connectivity index (χ4n) is 3.35. The van der Waals surface area contributed by atoms with Gasteiger partial charge in [0.25, 0.3) is 11.8 Å². The Hall–Kier alpha value is -3.73. The molecule has 2 amide bonds. The molecule has 4 aromatic rings. The molecule has 5 rings (SSSR count). The quantitative estimate of drug-likeness (QED) is 0.528. The smallest absolute Gasteiger partial charge is 0.271 e. The molecule has 10 nitrogen and oxygen atoms in total. The molecule has 0 radical (unpaired) electrons. The Morgan fingerprint density at radius 1 is 1.30 bits per heavy atom. The summed E-state index contributed by atoms with van der Waals surface area (Å²) >= 11 is 1.40. The summed E-state index contributed by atoms with van der Waals surface area (Å²) in [6.45, 7) is 0. The van der Waals surface area contributed by atoms with Crippen LogP contribution in [0.2, 0.25) is 0 Å². The van der Waals surface area contributed by atoms with Crippen molar-refractivity contribution in [3.63, 3.8) is 0 Å². The van der Waals surface area contributed by atoms with Crippen molar-refractivity contribution in [2.45, 2.75) is 5.37 Å². The third-order valence-corrected chi connectivity index (χ3v) is 5.98. The Morgan fingerprint density at radius 3 is 3.00 bits per heavy atom. The van der Waals surface area contributed by atoms with Crippen molar-refractivity contribution in [2.75, 3.05) is 12.9 Å². The Morgan fingerprint density at radius 2 is 2.20 bits per heavy atom. The van der Waals surface area contributed by atoms with E-state index in [0.29, 0.717) is 17.0 Å². The molecule has 1 atom stereocenters. The molecule has 1 saturated heterocycles. The van der Waals surface area contributed by atoms with Crippen molar-refractivity contribution in [2.24, 2.45) is 0 Å². The van der Waals surface area contributed by atoms with E-state index >= 15 is 0 Å². The zero-order valence-electron chi connectivity index (χ0n) is 15.7. The maximum Gasteiger partial charge on any atom is 0.271 e. The minimum absolute atomic E-state index is 0.206. The highest BCUT2D eigenvalue weighted by Gasteiger charge is 2.36. The van der Waals surface area contributed by atoms with E-state index < -0.39 is 11.3 Å². The molecule has 3 aromatic heterocycles. The van der Waals surface area contributed by atoms with E-state index in [1.807, 2.05) is 24.3 Å². The molecule has 1 aliphatic rings. The highest BCUT2D eigenvalue weighted by molar-refractivity contribution is 8.00. The largest absolute Gasteiger partial charge is 0.497 e. The molecular formula is C19H15N7O3S. The molecule has 1 aromatic carbocycles. The van der Waals surface area contributed by atoms with Gasteiger partial charge < -0.3 is 4.74 Å². The van der Waals surface area contributed by atoms with Gasteiger partial charge in [-0.05, 0) is 40.8 Å². The third kappa shape index (κ3) is 2.99. The maximum absolute atomic E-state index is 12.6. The molecule has 1 unspecified atom stereocenters. The summed E-state index contributed by atoms with van der Waals surface area (Å²) < 4.78 is 6.91. The number of hydrazine groups is 1. The van der Waals surface area contributed by atoms with Gasteiger partial charge in [0.15, 0.2) is 5.65 Å². The van der Waals surface area contributed by atoms with Gasteiger partial charge in [-0.25, -0.2) is 5.01 Å². The van der Waals surface area contributed by atoms with Gasteiger partial charge in [-0.2, -0.15) is 4.52 Å². The van der Waals surface area contributed by atoms with Crippen LogP contribution in [-0.4, -0.2) is 54.7 Å². The van der Waals surface area contributed by atoms with Crippen LogP contribution >= 0.6 is 11.8 Å². The summed E-state index contributed by atoms with van der Waals surface area (Å²) in [5.41, 5.74) is 5.07. The fraction of sp³-hybridized carbons (Fsp3) is 0.158. The van der Waals surface area contributed by atoms with Crippen molar-refractivity contribution < 1.29 is 14.3 Å². The van der Waals surface area contributed by atoms with Crippen molar-refractivity contribution >= 4 is 40.1 Å². The van der Waals surface area contributed by atoms with E-state index in [9.17, 15) is 9.59 Å². The predicted molar refractivity (Wildman–Crippen MR) is 109 cm³/mol. The number of methoxy groups -OCH3 is 1. The number of benzene rings is 1. The first-order valence-corrected chi connectivity index (χ1v) is 10.0. The molecule has 30 heavy (non-hydrogen) atoms. The van der Waals surface area contributed by atoms with Crippen LogP contribution in [0.1, 0.15) is 21.3 Å². The summed E-state index contributed by atoms with van der Waals surface area (Å²) in [6, 6.07) is 10.8. The number of nitrogens with one attached hydrogen (secondary N) is 1. The number of thioether (sulfide) groups is 1. The molecule has 1 fully saturated rings. The first kappa shape index (κ1) is 18.3. The number of carbonyl (C=O) groups excluding carboxylic acids is 2. The van der Waals surface area contributed by atoms with Crippen molar-refractivity contribution in [1.29, 1.82) is 0 Å². The maximum atomic E-state index is 12.6. The van der Waals surface area contributed by atoms with Crippen molar-refractivity contribution in [3.8, 4) is 5.75 Å². The molecule has 1 aliphatic heterocycles. The Labute approximate surface area is 174 Å². The number of hydrogen-bond donors (Lipinski definition) is 1. The third-order valence-electron chi connectivity index (χ3n) is 4.78. The van der Waals surface area contributed by atoms with E-state index in [2.05, 4.69) is 25.9 Å². The van der Waals surface area contributed by atoms with Crippen LogP contribution in [0.15, 0.2) is 48.8 Å². The second-order valence-corrected chi connectivity index (χ2v) is 7.62.